The third kappa shape index (κ3) is 3.59. The van der Waals surface area contributed by atoms with Crippen molar-refractivity contribution in [2.45, 2.75) is 30.5 Å². The number of hydrogen-bond acceptors (Lipinski definition) is 6. The van der Waals surface area contributed by atoms with Gasteiger partial charge < -0.3 is 19.3 Å². The molecule has 0 saturated carbocycles. The summed E-state index contributed by atoms with van der Waals surface area (Å²) in [7, 11) is 0. The second-order valence-electron chi connectivity index (χ2n) is 6.81. The summed E-state index contributed by atoms with van der Waals surface area (Å²) < 4.78 is 56.0. The fourth-order valence-electron chi connectivity index (χ4n) is 3.64. The second-order valence-corrected chi connectivity index (χ2v) is 6.81. The minimum absolute atomic E-state index is 0.186. The lowest BCUT2D eigenvalue weighted by molar-refractivity contribution is -0.137. The molecule has 9 heteroatoms. The highest BCUT2D eigenvalue weighted by atomic mass is 19.4. The van der Waals surface area contributed by atoms with Crippen LogP contribution in [0.15, 0.2) is 28.8 Å². The summed E-state index contributed by atoms with van der Waals surface area (Å²) in [5, 5.41) is 7.31. The van der Waals surface area contributed by atoms with Gasteiger partial charge in [0.2, 0.25) is 5.89 Å². The fraction of sp³-hybridized carbons (Fsp3) is 0.556. The van der Waals surface area contributed by atoms with Crippen LogP contribution in [-0.4, -0.2) is 43.1 Å². The maximum absolute atomic E-state index is 13.2. The van der Waals surface area contributed by atoms with Crippen LogP contribution >= 0.6 is 0 Å². The normalized spacial score (nSPS) is 23.3. The number of alkyl halides is 3. The van der Waals surface area contributed by atoms with E-state index in [1.807, 2.05) is 0 Å². The number of nitrogens with one attached hydrogen (secondary N) is 1. The molecule has 2 fully saturated rings. The highest BCUT2D eigenvalue weighted by Crippen LogP contribution is 2.42. The van der Waals surface area contributed by atoms with Gasteiger partial charge in [-0.2, -0.15) is 18.2 Å². The minimum atomic E-state index is -4.41. The summed E-state index contributed by atoms with van der Waals surface area (Å²) in [6, 6.07) is 5.17. The molecule has 0 radical (unpaired) electrons. The highest BCUT2D eigenvalue weighted by molar-refractivity contribution is 5.37. The molecule has 2 saturated heterocycles. The van der Waals surface area contributed by atoms with Crippen molar-refractivity contribution >= 4 is 0 Å². The van der Waals surface area contributed by atoms with Crippen molar-refractivity contribution in [2.24, 2.45) is 0 Å². The van der Waals surface area contributed by atoms with Gasteiger partial charge in [-0.15, -0.1) is 0 Å². The van der Waals surface area contributed by atoms with Gasteiger partial charge >= 0.3 is 6.18 Å². The van der Waals surface area contributed by atoms with Crippen molar-refractivity contribution in [1.29, 1.82) is 0 Å². The third-order valence-corrected chi connectivity index (χ3v) is 5.17. The first-order chi connectivity index (χ1) is 13.0. The third-order valence-electron chi connectivity index (χ3n) is 5.17. The van der Waals surface area contributed by atoms with E-state index in [4.69, 9.17) is 14.0 Å². The van der Waals surface area contributed by atoms with Crippen molar-refractivity contribution in [1.82, 2.24) is 15.5 Å². The summed E-state index contributed by atoms with van der Waals surface area (Å²) in [6.45, 7) is 2.56. The molecular weight excluding hydrogens is 363 g/mol. The summed E-state index contributed by atoms with van der Waals surface area (Å²) in [5.41, 5.74) is -0.961. The number of nitrogens with zero attached hydrogens (tertiary/aromatic N) is 2. The Labute approximate surface area is 154 Å². The number of hydrogen-bond donors (Lipinski definition) is 1. The maximum atomic E-state index is 13.2. The van der Waals surface area contributed by atoms with Crippen molar-refractivity contribution < 1.29 is 27.2 Å². The van der Waals surface area contributed by atoms with Gasteiger partial charge in [0.1, 0.15) is 0 Å². The molecule has 1 atom stereocenters. The monoisotopic (exact) mass is 383 g/mol. The average molecular weight is 383 g/mol. The highest BCUT2D eigenvalue weighted by Gasteiger charge is 2.43. The zero-order chi connectivity index (χ0) is 18.9. The Kier molecular flexibility index (Phi) is 4.92. The minimum Gasteiger partial charge on any atom is -0.381 e. The lowest BCUT2D eigenvalue weighted by Gasteiger charge is -2.34. The molecule has 3 heterocycles. The number of ether oxygens (including phenoxy) is 2. The molecule has 1 N–H and O–H groups in total. The molecule has 6 nitrogen and oxygen atoms in total. The van der Waals surface area contributed by atoms with Gasteiger partial charge in [-0.05, 0) is 24.5 Å². The van der Waals surface area contributed by atoms with Crippen LogP contribution in [0, 0.1) is 0 Å². The molecule has 4 rings (SSSR count). The molecule has 27 heavy (non-hydrogen) atoms. The molecule has 2 aromatic rings. The van der Waals surface area contributed by atoms with Crippen LogP contribution in [0.25, 0.3) is 0 Å². The summed E-state index contributed by atoms with van der Waals surface area (Å²) in [5.74, 6) is 0.787. The van der Waals surface area contributed by atoms with E-state index in [0.717, 1.165) is 6.07 Å². The van der Waals surface area contributed by atoms with Crippen LogP contribution < -0.4 is 5.32 Å². The predicted molar refractivity (Wildman–Crippen MR) is 88.1 cm³/mol. The number of rotatable bonds is 3. The number of aromatic nitrogens is 2. The van der Waals surface area contributed by atoms with E-state index >= 15 is 0 Å². The Hall–Kier alpha value is -1.97. The largest absolute Gasteiger partial charge is 0.416 e. The first kappa shape index (κ1) is 18.4. The molecule has 2 aliphatic rings. The average Bonchev–Trinajstić information content (AvgIpc) is 3.19. The Balaban J connectivity index is 1.72. The summed E-state index contributed by atoms with van der Waals surface area (Å²) in [6.07, 6.45) is -3.46. The quantitative estimate of drug-likeness (QED) is 0.879. The fourth-order valence-corrected chi connectivity index (χ4v) is 3.64. The van der Waals surface area contributed by atoms with Gasteiger partial charge in [0.05, 0.1) is 30.2 Å². The Morgan fingerprint density at radius 1 is 1.11 bits per heavy atom. The van der Waals surface area contributed by atoms with E-state index < -0.39 is 17.2 Å². The maximum Gasteiger partial charge on any atom is 0.416 e. The van der Waals surface area contributed by atoms with Crippen LogP contribution in [0.1, 0.15) is 41.7 Å². The van der Waals surface area contributed by atoms with Crippen LogP contribution in [0.5, 0.6) is 0 Å². The van der Waals surface area contributed by atoms with Crippen molar-refractivity contribution in [3.8, 4) is 0 Å². The summed E-state index contributed by atoms with van der Waals surface area (Å²) in [4.78, 5) is 4.54. The van der Waals surface area contributed by atoms with Gasteiger partial charge in [-0.3, -0.25) is 0 Å². The van der Waals surface area contributed by atoms with E-state index in [0.29, 0.717) is 63.1 Å². The molecule has 1 aromatic carbocycles. The van der Waals surface area contributed by atoms with Crippen LogP contribution in [-0.2, 0) is 21.1 Å². The molecule has 1 aromatic heterocycles. The zero-order valence-electron chi connectivity index (χ0n) is 14.6. The molecule has 0 aliphatic carbocycles. The molecule has 0 amide bonds. The first-order valence-corrected chi connectivity index (χ1v) is 8.90. The Morgan fingerprint density at radius 3 is 2.63 bits per heavy atom. The standard InChI is InChI=1S/C18H20F3N3O3/c19-18(20,21)13-3-1-2-12(10-13)17(4-7-25-8-5-17)16-23-15(24-27-16)14-11-26-9-6-22-14/h1-3,10,14,22H,4-9,11H2/t14-/m0/s1. The Bertz CT molecular complexity index is 781. The smallest absolute Gasteiger partial charge is 0.381 e. The molecule has 0 bridgehead atoms. The predicted octanol–water partition coefficient (Wildman–Crippen LogP) is 2.85. The van der Waals surface area contributed by atoms with E-state index in [9.17, 15) is 13.2 Å². The lowest BCUT2D eigenvalue weighted by atomic mass is 9.73. The molecule has 146 valence electrons. The zero-order valence-corrected chi connectivity index (χ0v) is 14.6. The molecule has 2 aliphatic heterocycles. The van der Waals surface area contributed by atoms with Crippen molar-refractivity contribution in [2.75, 3.05) is 33.0 Å². The number of halogens is 3. The van der Waals surface area contributed by atoms with E-state index in [1.54, 1.807) is 6.07 Å². The topological polar surface area (TPSA) is 69.4 Å². The van der Waals surface area contributed by atoms with Crippen LogP contribution in [0.3, 0.4) is 0 Å². The first-order valence-electron chi connectivity index (χ1n) is 8.90. The van der Waals surface area contributed by atoms with E-state index in [1.165, 1.54) is 12.1 Å². The molecule has 0 unspecified atom stereocenters. The van der Waals surface area contributed by atoms with E-state index in [2.05, 4.69) is 15.5 Å². The van der Waals surface area contributed by atoms with Gasteiger partial charge in [0, 0.05) is 19.8 Å². The summed E-state index contributed by atoms with van der Waals surface area (Å²) >= 11 is 0. The van der Waals surface area contributed by atoms with Crippen LogP contribution in [0.4, 0.5) is 13.2 Å². The van der Waals surface area contributed by atoms with Gasteiger partial charge in [0.25, 0.3) is 0 Å². The Morgan fingerprint density at radius 2 is 1.93 bits per heavy atom. The van der Waals surface area contributed by atoms with Gasteiger partial charge in [-0.1, -0.05) is 23.4 Å². The SMILES string of the molecule is FC(F)(F)c1cccc(C2(c3nc([C@@H]4COCCN4)no3)CCOCC2)c1. The van der Waals surface area contributed by atoms with Gasteiger partial charge in [-0.25, -0.2) is 0 Å². The van der Waals surface area contributed by atoms with Crippen LogP contribution in [0.2, 0.25) is 0 Å². The van der Waals surface area contributed by atoms with Crippen molar-refractivity contribution in [3.63, 3.8) is 0 Å². The number of morpholine rings is 1. The lowest BCUT2D eigenvalue weighted by Crippen LogP contribution is -2.37. The van der Waals surface area contributed by atoms with Crippen molar-refractivity contribution in [3.05, 3.63) is 47.1 Å². The molecular formula is C18H20F3N3O3. The van der Waals surface area contributed by atoms with Gasteiger partial charge in [0.15, 0.2) is 5.82 Å². The second kappa shape index (κ2) is 7.21. The van der Waals surface area contributed by atoms with E-state index in [-0.39, 0.29) is 6.04 Å². The molecule has 0 spiro atoms. The number of benzene rings is 1.